The van der Waals surface area contributed by atoms with Gasteiger partial charge in [0.1, 0.15) is 0 Å². The number of hydrogen-bond donors (Lipinski definition) is 2. The molecule has 3 N–H and O–H groups in total. The largest absolute Gasteiger partial charge is 0.493 e. The van der Waals surface area contributed by atoms with Gasteiger partial charge in [0.15, 0.2) is 11.5 Å². The summed E-state index contributed by atoms with van der Waals surface area (Å²) in [6.07, 6.45) is 6.38. The van der Waals surface area contributed by atoms with E-state index in [9.17, 15) is 9.90 Å². The fraction of sp³-hybridized carbons (Fsp3) is 0.526. The lowest BCUT2D eigenvalue weighted by molar-refractivity contribution is 0.107. The third kappa shape index (κ3) is 4.60. The normalized spacial score (nSPS) is 20.0. The molecule has 1 aliphatic carbocycles. The summed E-state index contributed by atoms with van der Waals surface area (Å²) in [6, 6.07) is 3.10. The molecule has 1 aliphatic rings. The first-order chi connectivity index (χ1) is 12.5. The summed E-state index contributed by atoms with van der Waals surface area (Å²) in [6.45, 7) is 0.203. The molecule has 0 aliphatic heterocycles. The number of allylic oxidation sites excluding steroid dienone is 2. The molecule has 1 aromatic rings. The van der Waals surface area contributed by atoms with Crippen molar-refractivity contribution in [3.63, 3.8) is 0 Å². The number of ether oxygens (including phenoxy) is 3. The topological polar surface area (TPSA) is 94.2 Å². The lowest BCUT2D eigenvalue weighted by Gasteiger charge is -2.34. The summed E-state index contributed by atoms with van der Waals surface area (Å²) >= 11 is 0. The van der Waals surface area contributed by atoms with Crippen LogP contribution in [0.15, 0.2) is 24.3 Å². The minimum absolute atomic E-state index is 0.196. The first-order valence-corrected chi connectivity index (χ1v) is 8.70. The highest BCUT2D eigenvalue weighted by Gasteiger charge is 2.29. The van der Waals surface area contributed by atoms with Crippen molar-refractivity contribution in [2.24, 2.45) is 5.73 Å². The number of methoxy groups -OCH3 is 3. The Balaban J connectivity index is 2.32. The fourth-order valence-corrected chi connectivity index (χ4v) is 3.33. The lowest BCUT2D eigenvalue weighted by atomic mass is 9.94. The zero-order valence-electron chi connectivity index (χ0n) is 15.6. The van der Waals surface area contributed by atoms with Crippen LogP contribution in [0.4, 0.5) is 4.79 Å². The second-order valence-electron chi connectivity index (χ2n) is 6.30. The summed E-state index contributed by atoms with van der Waals surface area (Å²) < 4.78 is 16.0. The van der Waals surface area contributed by atoms with E-state index in [-0.39, 0.29) is 18.6 Å². The maximum absolute atomic E-state index is 11.9. The minimum atomic E-state index is -0.983. The van der Waals surface area contributed by atoms with Crippen molar-refractivity contribution in [1.82, 2.24) is 4.90 Å². The summed E-state index contributed by atoms with van der Waals surface area (Å²) in [5.41, 5.74) is 7.05. The van der Waals surface area contributed by atoms with Gasteiger partial charge in [0.05, 0.1) is 27.4 Å². The van der Waals surface area contributed by atoms with Gasteiger partial charge in [-0.25, -0.2) is 4.79 Å². The third-order valence-electron chi connectivity index (χ3n) is 4.68. The van der Waals surface area contributed by atoms with Crippen LogP contribution in [0.5, 0.6) is 17.2 Å². The van der Waals surface area contributed by atoms with Crippen molar-refractivity contribution >= 4 is 6.09 Å². The molecule has 1 aromatic carbocycles. The van der Waals surface area contributed by atoms with Crippen molar-refractivity contribution < 1.29 is 24.1 Å². The van der Waals surface area contributed by atoms with Crippen molar-refractivity contribution in [1.29, 1.82) is 0 Å². The van der Waals surface area contributed by atoms with Crippen LogP contribution >= 0.6 is 0 Å². The first-order valence-electron chi connectivity index (χ1n) is 8.70. The smallest absolute Gasteiger partial charge is 0.407 e. The molecule has 0 saturated heterocycles. The number of nitrogens with zero attached hydrogens (tertiary/aromatic N) is 1. The summed E-state index contributed by atoms with van der Waals surface area (Å²) in [5, 5.41) is 9.79. The van der Waals surface area contributed by atoms with Crippen LogP contribution in [-0.2, 0) is 6.54 Å². The van der Waals surface area contributed by atoms with E-state index in [1.165, 1.54) is 26.2 Å². The molecule has 0 saturated carbocycles. The van der Waals surface area contributed by atoms with Gasteiger partial charge in [0.2, 0.25) is 5.75 Å². The van der Waals surface area contributed by atoms with Gasteiger partial charge in [-0.15, -0.1) is 0 Å². The number of carbonyl (C=O) groups is 1. The Morgan fingerprint density at radius 3 is 2.19 bits per heavy atom. The molecule has 2 rings (SSSR count). The Labute approximate surface area is 154 Å². The van der Waals surface area contributed by atoms with Crippen LogP contribution in [0.25, 0.3) is 0 Å². The first kappa shape index (κ1) is 19.9. The number of rotatable bonds is 6. The van der Waals surface area contributed by atoms with Crippen LogP contribution in [0, 0.1) is 0 Å². The second-order valence-corrected chi connectivity index (χ2v) is 6.30. The molecule has 2 atom stereocenters. The Kier molecular flexibility index (Phi) is 7.15. The SMILES string of the molecule is COc1cc(CN(C(=O)O)[C@@H]2CCC=CCC[C@@H]2N)cc(OC)c1OC. The number of carboxylic acid groups (broad SMARTS) is 1. The minimum Gasteiger partial charge on any atom is -0.493 e. The van der Waals surface area contributed by atoms with Crippen LogP contribution in [0.3, 0.4) is 0 Å². The Morgan fingerprint density at radius 1 is 1.12 bits per heavy atom. The molecule has 0 fully saturated rings. The summed E-state index contributed by atoms with van der Waals surface area (Å²) in [7, 11) is 4.60. The maximum atomic E-state index is 11.9. The second kappa shape index (κ2) is 9.33. The quantitative estimate of drug-likeness (QED) is 0.754. The molecule has 144 valence electrons. The van der Waals surface area contributed by atoms with Gasteiger partial charge >= 0.3 is 6.09 Å². The lowest BCUT2D eigenvalue weighted by Crippen LogP contribution is -2.49. The van der Waals surface area contributed by atoms with Gasteiger partial charge in [-0.1, -0.05) is 12.2 Å². The Hall–Kier alpha value is -2.41. The van der Waals surface area contributed by atoms with Gasteiger partial charge in [0, 0.05) is 12.6 Å². The summed E-state index contributed by atoms with van der Waals surface area (Å²) in [4.78, 5) is 13.4. The number of nitrogens with two attached hydrogens (primary N) is 1. The van der Waals surface area contributed by atoms with Crippen LogP contribution in [0.1, 0.15) is 31.2 Å². The molecule has 0 unspecified atom stereocenters. The monoisotopic (exact) mass is 364 g/mol. The highest BCUT2D eigenvalue weighted by atomic mass is 16.5. The molecule has 26 heavy (non-hydrogen) atoms. The van der Waals surface area contributed by atoms with Crippen molar-refractivity contribution in [3.8, 4) is 17.2 Å². The molecule has 7 nitrogen and oxygen atoms in total. The zero-order valence-corrected chi connectivity index (χ0v) is 15.6. The molecular weight excluding hydrogens is 336 g/mol. The van der Waals surface area contributed by atoms with Crippen LogP contribution in [-0.4, -0.2) is 49.5 Å². The van der Waals surface area contributed by atoms with E-state index in [0.29, 0.717) is 23.7 Å². The van der Waals surface area contributed by atoms with Crippen LogP contribution in [0.2, 0.25) is 0 Å². The van der Waals surface area contributed by atoms with E-state index >= 15 is 0 Å². The molecule has 0 spiro atoms. The van der Waals surface area contributed by atoms with E-state index in [1.54, 1.807) is 12.1 Å². The van der Waals surface area contributed by atoms with E-state index in [2.05, 4.69) is 12.2 Å². The average molecular weight is 364 g/mol. The molecule has 0 bridgehead atoms. The van der Waals surface area contributed by atoms with Gasteiger partial charge < -0.3 is 25.1 Å². The standard InChI is InChI=1S/C19H28N2O5/c1-24-16-10-13(11-17(25-2)18(16)26-3)12-21(19(22)23)15-9-7-5-4-6-8-14(15)20/h4-5,10-11,14-15H,6-9,12,20H2,1-3H3,(H,22,23)/t14-,15+/m0/s1. The molecule has 0 heterocycles. The Morgan fingerprint density at radius 2 is 1.69 bits per heavy atom. The average Bonchev–Trinajstić information content (AvgIpc) is 2.62. The number of hydrogen-bond acceptors (Lipinski definition) is 5. The number of amides is 1. The van der Waals surface area contributed by atoms with Crippen molar-refractivity contribution in [3.05, 3.63) is 29.8 Å². The number of benzene rings is 1. The molecular formula is C19H28N2O5. The Bertz CT molecular complexity index is 622. The van der Waals surface area contributed by atoms with E-state index < -0.39 is 6.09 Å². The van der Waals surface area contributed by atoms with Gasteiger partial charge in [-0.2, -0.15) is 0 Å². The van der Waals surface area contributed by atoms with Gasteiger partial charge in [0.25, 0.3) is 0 Å². The highest BCUT2D eigenvalue weighted by Crippen LogP contribution is 2.38. The molecule has 0 radical (unpaired) electrons. The molecule has 0 aromatic heterocycles. The third-order valence-corrected chi connectivity index (χ3v) is 4.68. The highest BCUT2D eigenvalue weighted by molar-refractivity contribution is 5.66. The predicted octanol–water partition coefficient (Wildman–Crippen LogP) is 3.02. The zero-order chi connectivity index (χ0) is 19.1. The van der Waals surface area contributed by atoms with Gasteiger partial charge in [-0.05, 0) is 43.4 Å². The van der Waals surface area contributed by atoms with E-state index in [1.807, 2.05) is 0 Å². The van der Waals surface area contributed by atoms with Crippen molar-refractivity contribution in [2.45, 2.75) is 44.3 Å². The maximum Gasteiger partial charge on any atom is 0.407 e. The van der Waals surface area contributed by atoms with Gasteiger partial charge in [-0.3, -0.25) is 4.90 Å². The van der Waals surface area contributed by atoms with Crippen molar-refractivity contribution in [2.75, 3.05) is 21.3 Å². The predicted molar refractivity (Wildman–Crippen MR) is 99.0 cm³/mol. The van der Waals surface area contributed by atoms with Crippen LogP contribution < -0.4 is 19.9 Å². The summed E-state index contributed by atoms with van der Waals surface area (Å²) in [5.74, 6) is 1.47. The van der Waals surface area contributed by atoms with E-state index in [4.69, 9.17) is 19.9 Å². The van der Waals surface area contributed by atoms with E-state index in [0.717, 1.165) is 24.8 Å². The molecule has 7 heteroatoms. The molecule has 1 amide bonds. The fourth-order valence-electron chi connectivity index (χ4n) is 3.33.